The Kier molecular flexibility index (Phi) is 5.48. The van der Waals surface area contributed by atoms with Crippen LogP contribution in [0.2, 0.25) is 0 Å². The number of hydrogen-bond acceptors (Lipinski definition) is 1. The highest BCUT2D eigenvalue weighted by Crippen LogP contribution is 2.05. The number of halogens is 1. The van der Waals surface area contributed by atoms with Gasteiger partial charge in [0.2, 0.25) is 0 Å². The molecule has 1 rings (SSSR count). The Morgan fingerprint density at radius 1 is 1.25 bits per heavy atom. The fourth-order valence-electron chi connectivity index (χ4n) is 1.41. The third kappa shape index (κ3) is 4.39. The van der Waals surface area contributed by atoms with Crippen LogP contribution in [-0.2, 0) is 0 Å². The zero-order valence-electron chi connectivity index (χ0n) is 9.58. The highest BCUT2D eigenvalue weighted by atomic mass is 19.1. The molecule has 0 saturated carbocycles. The van der Waals surface area contributed by atoms with Crippen molar-refractivity contribution in [1.29, 1.82) is 0 Å². The van der Waals surface area contributed by atoms with Gasteiger partial charge in [0.1, 0.15) is 5.82 Å². The summed E-state index contributed by atoms with van der Waals surface area (Å²) >= 11 is 0. The lowest BCUT2D eigenvalue weighted by atomic mass is 10.1. The molecule has 0 aliphatic heterocycles. The summed E-state index contributed by atoms with van der Waals surface area (Å²) in [5, 5.41) is 0. The molecular weight excluding hydrogens is 203 g/mol. The van der Waals surface area contributed by atoms with Gasteiger partial charge in [-0.1, -0.05) is 25.8 Å². The molecule has 0 aliphatic carbocycles. The van der Waals surface area contributed by atoms with E-state index in [0.29, 0.717) is 5.56 Å². The molecule has 0 saturated heterocycles. The predicted octanol–water partition coefficient (Wildman–Crippen LogP) is 4.14. The largest absolute Gasteiger partial charge is 0.289 e. The van der Waals surface area contributed by atoms with Crippen LogP contribution in [0.1, 0.15) is 43.0 Å². The smallest absolute Gasteiger partial charge is 0.185 e. The van der Waals surface area contributed by atoms with Crippen LogP contribution in [0.4, 0.5) is 4.39 Å². The van der Waals surface area contributed by atoms with Crippen LogP contribution in [0.25, 0.3) is 0 Å². The second-order valence-corrected chi connectivity index (χ2v) is 3.77. The molecule has 0 aliphatic rings. The van der Waals surface area contributed by atoms with Gasteiger partial charge < -0.3 is 0 Å². The molecule has 86 valence electrons. The Bertz CT molecular complexity index is 352. The van der Waals surface area contributed by atoms with Gasteiger partial charge in [0, 0.05) is 5.56 Å². The first-order valence-corrected chi connectivity index (χ1v) is 5.70. The summed E-state index contributed by atoms with van der Waals surface area (Å²) in [5.41, 5.74) is 0.535. The standard InChI is InChI=1S/C14H17FO/c1-2-3-4-5-6-7-14(16)12-8-10-13(15)11-9-12/h6-11H,2-5H2,1H3. The van der Waals surface area contributed by atoms with Gasteiger partial charge in [-0.2, -0.15) is 0 Å². The first-order valence-electron chi connectivity index (χ1n) is 5.70. The zero-order chi connectivity index (χ0) is 11.8. The summed E-state index contributed by atoms with van der Waals surface area (Å²) < 4.78 is 12.6. The van der Waals surface area contributed by atoms with Crippen molar-refractivity contribution in [1.82, 2.24) is 0 Å². The first kappa shape index (κ1) is 12.6. The quantitative estimate of drug-likeness (QED) is 0.400. The molecule has 1 aromatic carbocycles. The number of allylic oxidation sites excluding steroid dienone is 2. The minimum Gasteiger partial charge on any atom is -0.289 e. The van der Waals surface area contributed by atoms with E-state index in [4.69, 9.17) is 0 Å². The van der Waals surface area contributed by atoms with Gasteiger partial charge in [-0.25, -0.2) is 4.39 Å². The maximum absolute atomic E-state index is 12.6. The van der Waals surface area contributed by atoms with Gasteiger partial charge in [-0.05, 0) is 43.2 Å². The minimum absolute atomic E-state index is 0.0588. The van der Waals surface area contributed by atoms with Gasteiger partial charge in [0.15, 0.2) is 5.78 Å². The van der Waals surface area contributed by atoms with E-state index in [-0.39, 0.29) is 11.6 Å². The van der Waals surface area contributed by atoms with Crippen LogP contribution in [0.5, 0.6) is 0 Å². The monoisotopic (exact) mass is 220 g/mol. The molecule has 0 N–H and O–H groups in total. The van der Waals surface area contributed by atoms with Gasteiger partial charge in [-0.15, -0.1) is 0 Å². The Labute approximate surface area is 96.0 Å². The molecule has 1 nitrogen and oxygen atoms in total. The lowest BCUT2D eigenvalue weighted by Gasteiger charge is -1.95. The Balaban J connectivity index is 2.43. The van der Waals surface area contributed by atoms with Gasteiger partial charge in [-0.3, -0.25) is 4.79 Å². The van der Waals surface area contributed by atoms with Crippen molar-refractivity contribution in [2.24, 2.45) is 0 Å². The van der Waals surface area contributed by atoms with Crippen LogP contribution in [0, 0.1) is 5.82 Å². The summed E-state index contributed by atoms with van der Waals surface area (Å²) in [4.78, 5) is 11.6. The average molecular weight is 220 g/mol. The first-order chi connectivity index (χ1) is 7.74. The van der Waals surface area contributed by atoms with Crippen LogP contribution in [-0.4, -0.2) is 5.78 Å². The lowest BCUT2D eigenvalue weighted by Crippen LogP contribution is -1.93. The third-order valence-corrected chi connectivity index (χ3v) is 2.37. The third-order valence-electron chi connectivity index (χ3n) is 2.37. The molecule has 0 bridgehead atoms. The molecule has 0 heterocycles. The second kappa shape index (κ2) is 6.94. The van der Waals surface area contributed by atoms with Crippen LogP contribution in [0.15, 0.2) is 36.4 Å². The highest BCUT2D eigenvalue weighted by Gasteiger charge is 2.00. The summed E-state index contributed by atoms with van der Waals surface area (Å²) in [5.74, 6) is -0.375. The molecule has 0 aromatic heterocycles. The average Bonchev–Trinajstić information content (AvgIpc) is 2.29. The van der Waals surface area contributed by atoms with Crippen molar-refractivity contribution in [2.75, 3.05) is 0 Å². The molecular formula is C14H17FO. The second-order valence-electron chi connectivity index (χ2n) is 3.77. The normalized spacial score (nSPS) is 10.9. The molecule has 1 aromatic rings. The molecule has 2 heteroatoms. The fourth-order valence-corrected chi connectivity index (χ4v) is 1.41. The lowest BCUT2D eigenvalue weighted by molar-refractivity contribution is 0.104. The summed E-state index contributed by atoms with van der Waals surface area (Å²) in [6.45, 7) is 2.15. The van der Waals surface area contributed by atoms with E-state index < -0.39 is 0 Å². The molecule has 0 unspecified atom stereocenters. The van der Waals surface area contributed by atoms with Crippen molar-refractivity contribution >= 4 is 5.78 Å². The number of carbonyl (C=O) groups is 1. The van der Waals surface area contributed by atoms with Crippen molar-refractivity contribution in [2.45, 2.75) is 32.6 Å². The Morgan fingerprint density at radius 2 is 1.94 bits per heavy atom. The minimum atomic E-state index is -0.316. The van der Waals surface area contributed by atoms with E-state index in [1.54, 1.807) is 6.08 Å². The molecule has 0 spiro atoms. The molecule has 0 fully saturated rings. The SMILES string of the molecule is CCCCCC=CC(=O)c1ccc(F)cc1. The van der Waals surface area contributed by atoms with E-state index in [1.807, 2.05) is 6.08 Å². The Morgan fingerprint density at radius 3 is 2.56 bits per heavy atom. The van der Waals surface area contributed by atoms with Gasteiger partial charge >= 0.3 is 0 Å². The summed E-state index contributed by atoms with van der Waals surface area (Å²) in [6.07, 6.45) is 7.88. The van der Waals surface area contributed by atoms with E-state index in [1.165, 1.54) is 37.1 Å². The predicted molar refractivity (Wildman–Crippen MR) is 64.0 cm³/mol. The van der Waals surface area contributed by atoms with Crippen molar-refractivity contribution < 1.29 is 9.18 Å². The Hall–Kier alpha value is -1.44. The molecule has 16 heavy (non-hydrogen) atoms. The maximum Gasteiger partial charge on any atom is 0.185 e. The molecule has 0 radical (unpaired) electrons. The van der Waals surface area contributed by atoms with Crippen LogP contribution < -0.4 is 0 Å². The number of benzene rings is 1. The summed E-state index contributed by atoms with van der Waals surface area (Å²) in [7, 11) is 0. The summed E-state index contributed by atoms with van der Waals surface area (Å²) in [6, 6.07) is 5.62. The van der Waals surface area contributed by atoms with Crippen LogP contribution >= 0.6 is 0 Å². The van der Waals surface area contributed by atoms with Crippen molar-refractivity contribution in [3.8, 4) is 0 Å². The van der Waals surface area contributed by atoms with Gasteiger partial charge in [0.05, 0.1) is 0 Å². The van der Waals surface area contributed by atoms with E-state index in [0.717, 1.165) is 12.8 Å². The van der Waals surface area contributed by atoms with Gasteiger partial charge in [0.25, 0.3) is 0 Å². The van der Waals surface area contributed by atoms with E-state index in [2.05, 4.69) is 6.92 Å². The number of carbonyl (C=O) groups excluding carboxylic acids is 1. The van der Waals surface area contributed by atoms with Crippen molar-refractivity contribution in [3.05, 3.63) is 47.8 Å². The zero-order valence-corrected chi connectivity index (χ0v) is 9.58. The molecule has 0 atom stereocenters. The van der Waals surface area contributed by atoms with E-state index >= 15 is 0 Å². The van der Waals surface area contributed by atoms with Crippen molar-refractivity contribution in [3.63, 3.8) is 0 Å². The van der Waals surface area contributed by atoms with Crippen LogP contribution in [0.3, 0.4) is 0 Å². The number of ketones is 1. The number of rotatable bonds is 6. The maximum atomic E-state index is 12.6. The highest BCUT2D eigenvalue weighted by molar-refractivity contribution is 6.04. The number of unbranched alkanes of at least 4 members (excludes halogenated alkanes) is 3. The topological polar surface area (TPSA) is 17.1 Å². The number of hydrogen-bond donors (Lipinski definition) is 0. The molecule has 0 amide bonds. The van der Waals surface area contributed by atoms with E-state index in [9.17, 15) is 9.18 Å². The fraction of sp³-hybridized carbons (Fsp3) is 0.357.